The van der Waals surface area contributed by atoms with Gasteiger partial charge in [0.25, 0.3) is 0 Å². The highest BCUT2D eigenvalue weighted by Gasteiger charge is 2.57. The standard InChI is InChI=1S/C20H22O2/c1-2-4-17-11-14(10-16(17)3-1)9-15-12-18-5-6-19(13-15)20(18)21-7-8-22-20/h1-4,9-10,18-19H,5-8,11-13H2/t18-,19+. The number of ether oxygens (including phenoxy) is 2. The summed E-state index contributed by atoms with van der Waals surface area (Å²) in [7, 11) is 0. The third kappa shape index (κ3) is 1.87. The summed E-state index contributed by atoms with van der Waals surface area (Å²) < 4.78 is 12.1. The van der Waals surface area contributed by atoms with Crippen molar-refractivity contribution in [3.8, 4) is 0 Å². The van der Waals surface area contributed by atoms with Crippen molar-refractivity contribution in [2.45, 2.75) is 37.9 Å². The topological polar surface area (TPSA) is 18.5 Å². The van der Waals surface area contributed by atoms with Crippen LogP contribution in [-0.2, 0) is 15.9 Å². The first kappa shape index (κ1) is 13.1. The number of allylic oxidation sites excluding steroid dienone is 3. The van der Waals surface area contributed by atoms with Crippen molar-refractivity contribution >= 4 is 6.08 Å². The predicted octanol–water partition coefficient (Wildman–Crippen LogP) is 4.12. The predicted molar refractivity (Wildman–Crippen MR) is 86.3 cm³/mol. The molecule has 1 spiro atoms. The molecule has 4 aliphatic rings. The molecule has 2 bridgehead atoms. The van der Waals surface area contributed by atoms with Crippen LogP contribution in [0.5, 0.6) is 0 Å². The first-order valence-electron chi connectivity index (χ1n) is 8.59. The largest absolute Gasteiger partial charge is 0.347 e. The van der Waals surface area contributed by atoms with Crippen LogP contribution in [0.2, 0.25) is 0 Å². The lowest BCUT2D eigenvalue weighted by atomic mass is 9.79. The molecule has 1 saturated heterocycles. The van der Waals surface area contributed by atoms with Crippen LogP contribution in [0, 0.1) is 11.8 Å². The molecule has 114 valence electrons. The summed E-state index contributed by atoms with van der Waals surface area (Å²) in [5.41, 5.74) is 5.94. The summed E-state index contributed by atoms with van der Waals surface area (Å²) in [6.45, 7) is 1.57. The molecular weight excluding hydrogens is 272 g/mol. The van der Waals surface area contributed by atoms with Crippen molar-refractivity contribution in [1.82, 2.24) is 0 Å². The van der Waals surface area contributed by atoms with Gasteiger partial charge in [-0.3, -0.25) is 0 Å². The molecule has 0 unspecified atom stereocenters. The van der Waals surface area contributed by atoms with Crippen LogP contribution >= 0.6 is 0 Å². The van der Waals surface area contributed by atoms with Crippen LogP contribution in [0.4, 0.5) is 0 Å². The maximum Gasteiger partial charge on any atom is 0.174 e. The van der Waals surface area contributed by atoms with Gasteiger partial charge in [0.05, 0.1) is 13.2 Å². The summed E-state index contributed by atoms with van der Waals surface area (Å²) in [4.78, 5) is 0. The van der Waals surface area contributed by atoms with Crippen LogP contribution in [0.3, 0.4) is 0 Å². The number of benzene rings is 1. The second kappa shape index (κ2) is 4.81. The van der Waals surface area contributed by atoms with Gasteiger partial charge >= 0.3 is 0 Å². The Balaban J connectivity index is 1.39. The quantitative estimate of drug-likeness (QED) is 0.776. The van der Waals surface area contributed by atoms with E-state index in [2.05, 4.69) is 36.4 Å². The highest BCUT2D eigenvalue weighted by molar-refractivity contribution is 5.66. The van der Waals surface area contributed by atoms with Crippen LogP contribution < -0.4 is 0 Å². The van der Waals surface area contributed by atoms with Crippen molar-refractivity contribution in [2.75, 3.05) is 13.2 Å². The molecule has 1 aliphatic heterocycles. The average Bonchev–Trinajstić information content (AvgIpc) is 3.19. The summed E-state index contributed by atoms with van der Waals surface area (Å²) >= 11 is 0. The van der Waals surface area contributed by atoms with E-state index in [4.69, 9.17) is 9.47 Å². The molecule has 1 aromatic carbocycles. The van der Waals surface area contributed by atoms with E-state index in [1.54, 1.807) is 5.57 Å². The van der Waals surface area contributed by atoms with Gasteiger partial charge in [-0.15, -0.1) is 0 Å². The molecule has 1 aromatic rings. The van der Waals surface area contributed by atoms with Crippen LogP contribution in [0.25, 0.3) is 6.08 Å². The fourth-order valence-corrected chi connectivity index (χ4v) is 5.04. The van der Waals surface area contributed by atoms with E-state index in [-0.39, 0.29) is 5.79 Å². The molecule has 3 aliphatic carbocycles. The monoisotopic (exact) mass is 294 g/mol. The highest BCUT2D eigenvalue weighted by Crippen LogP contribution is 2.55. The Morgan fingerprint density at radius 1 is 1.00 bits per heavy atom. The lowest BCUT2D eigenvalue weighted by Crippen LogP contribution is -2.44. The number of rotatable bonds is 1. The minimum Gasteiger partial charge on any atom is -0.347 e. The first-order chi connectivity index (χ1) is 10.8. The van der Waals surface area contributed by atoms with Gasteiger partial charge in [0.2, 0.25) is 0 Å². The zero-order valence-corrected chi connectivity index (χ0v) is 12.9. The van der Waals surface area contributed by atoms with Crippen molar-refractivity contribution < 1.29 is 9.47 Å². The summed E-state index contributed by atoms with van der Waals surface area (Å²) in [5, 5.41) is 0. The van der Waals surface area contributed by atoms with Crippen molar-refractivity contribution in [1.29, 1.82) is 0 Å². The molecule has 3 fully saturated rings. The molecule has 2 heteroatoms. The maximum atomic E-state index is 6.07. The minimum atomic E-state index is -0.218. The average molecular weight is 294 g/mol. The Kier molecular flexibility index (Phi) is 2.86. The molecule has 5 rings (SSSR count). The first-order valence-corrected chi connectivity index (χ1v) is 8.59. The Morgan fingerprint density at radius 3 is 2.45 bits per heavy atom. The molecule has 0 amide bonds. The molecular formula is C20H22O2. The van der Waals surface area contributed by atoms with Gasteiger partial charge in [-0.1, -0.05) is 42.0 Å². The lowest BCUT2D eigenvalue weighted by molar-refractivity contribution is -0.215. The second-order valence-corrected chi connectivity index (χ2v) is 7.20. The van der Waals surface area contributed by atoms with Gasteiger partial charge in [0, 0.05) is 11.8 Å². The number of hydrogen-bond donors (Lipinski definition) is 0. The Bertz CT molecular complexity index is 646. The van der Waals surface area contributed by atoms with Gasteiger partial charge in [0.15, 0.2) is 5.79 Å². The van der Waals surface area contributed by atoms with Crippen molar-refractivity contribution in [3.05, 3.63) is 52.6 Å². The van der Waals surface area contributed by atoms with E-state index < -0.39 is 0 Å². The fraction of sp³-hybridized carbons (Fsp3) is 0.500. The third-order valence-electron chi connectivity index (χ3n) is 5.94. The summed E-state index contributed by atoms with van der Waals surface area (Å²) in [5.74, 6) is 0.929. The van der Waals surface area contributed by atoms with Crippen molar-refractivity contribution in [3.63, 3.8) is 0 Å². The Hall–Kier alpha value is -1.38. The molecule has 0 radical (unpaired) electrons. The number of fused-ring (bicyclic) bond motifs is 1. The molecule has 1 heterocycles. The molecule has 0 aromatic heterocycles. The van der Waals surface area contributed by atoms with E-state index in [0.29, 0.717) is 11.8 Å². The lowest BCUT2D eigenvalue weighted by Gasteiger charge is -2.39. The van der Waals surface area contributed by atoms with Gasteiger partial charge < -0.3 is 9.47 Å². The maximum absolute atomic E-state index is 6.07. The molecule has 0 N–H and O–H groups in total. The SMILES string of the molecule is C1=C(C=C2C[C@H]3CC[C@@H](C2)C32OCCO2)Cc2ccccc21. The van der Waals surface area contributed by atoms with E-state index in [9.17, 15) is 0 Å². The Labute approximate surface area is 131 Å². The molecule has 2 nitrogen and oxygen atoms in total. The Morgan fingerprint density at radius 2 is 1.73 bits per heavy atom. The van der Waals surface area contributed by atoms with Gasteiger partial charge in [-0.2, -0.15) is 0 Å². The summed E-state index contributed by atoms with van der Waals surface area (Å²) in [6, 6.07) is 8.74. The van der Waals surface area contributed by atoms with Crippen LogP contribution in [0.1, 0.15) is 36.8 Å². The van der Waals surface area contributed by atoms with Gasteiger partial charge in [-0.25, -0.2) is 0 Å². The number of hydrogen-bond acceptors (Lipinski definition) is 2. The molecule has 2 atom stereocenters. The van der Waals surface area contributed by atoms with Gasteiger partial charge in [-0.05, 0) is 48.8 Å². The molecule has 2 saturated carbocycles. The van der Waals surface area contributed by atoms with Gasteiger partial charge in [0.1, 0.15) is 0 Å². The van der Waals surface area contributed by atoms with E-state index in [0.717, 1.165) is 32.5 Å². The second-order valence-electron chi connectivity index (χ2n) is 7.20. The third-order valence-corrected chi connectivity index (χ3v) is 5.94. The van der Waals surface area contributed by atoms with E-state index in [1.165, 1.54) is 29.5 Å². The molecule has 22 heavy (non-hydrogen) atoms. The fourth-order valence-electron chi connectivity index (χ4n) is 5.04. The minimum absolute atomic E-state index is 0.218. The van der Waals surface area contributed by atoms with E-state index >= 15 is 0 Å². The smallest absolute Gasteiger partial charge is 0.174 e. The zero-order chi connectivity index (χ0) is 14.6. The van der Waals surface area contributed by atoms with Crippen molar-refractivity contribution in [2.24, 2.45) is 11.8 Å². The highest BCUT2D eigenvalue weighted by atomic mass is 16.7. The van der Waals surface area contributed by atoms with E-state index in [1.807, 2.05) is 0 Å². The van der Waals surface area contributed by atoms with Crippen LogP contribution in [0.15, 0.2) is 41.5 Å². The van der Waals surface area contributed by atoms with Crippen LogP contribution in [-0.4, -0.2) is 19.0 Å². The normalized spacial score (nSPS) is 33.5. The summed E-state index contributed by atoms with van der Waals surface area (Å²) in [6.07, 6.45) is 10.8. The zero-order valence-electron chi connectivity index (χ0n) is 12.9.